The van der Waals surface area contributed by atoms with E-state index >= 15 is 0 Å². The zero-order chi connectivity index (χ0) is 14.4. The van der Waals surface area contributed by atoms with E-state index in [2.05, 4.69) is 20.9 Å². The van der Waals surface area contributed by atoms with E-state index in [-0.39, 0.29) is 14.9 Å². The van der Waals surface area contributed by atoms with E-state index in [9.17, 15) is 13.2 Å². The number of aromatic nitrogens is 2. The van der Waals surface area contributed by atoms with Gasteiger partial charge in [0, 0.05) is 6.07 Å². The van der Waals surface area contributed by atoms with E-state index in [4.69, 9.17) is 12.2 Å². The highest BCUT2D eigenvalue weighted by atomic mass is 79.9. The van der Waals surface area contributed by atoms with E-state index in [1.807, 2.05) is 0 Å². The number of aromatic amines is 1. The Hall–Kier alpha value is -1.60. The Labute approximate surface area is 125 Å². The van der Waals surface area contributed by atoms with Gasteiger partial charge in [-0.2, -0.15) is 0 Å². The van der Waals surface area contributed by atoms with Crippen LogP contribution in [-0.2, 0) is 0 Å². The molecule has 0 bridgehead atoms. The van der Waals surface area contributed by atoms with Crippen LogP contribution < -0.4 is 0 Å². The minimum absolute atomic E-state index is 0.0242. The average Bonchev–Trinajstić information content (AvgIpc) is 2.69. The first-order chi connectivity index (χ1) is 9.47. The van der Waals surface area contributed by atoms with Gasteiger partial charge < -0.3 is 4.98 Å². The molecular weight excluding hydrogens is 353 g/mol. The molecule has 0 spiro atoms. The monoisotopic (exact) mass is 358 g/mol. The van der Waals surface area contributed by atoms with Gasteiger partial charge in [-0.3, -0.25) is 4.57 Å². The molecule has 0 fully saturated rings. The third-order valence-corrected chi connectivity index (χ3v) is 3.77. The van der Waals surface area contributed by atoms with Gasteiger partial charge in [-0.15, -0.1) is 0 Å². The van der Waals surface area contributed by atoms with Crippen LogP contribution in [0.2, 0.25) is 0 Å². The smallest absolute Gasteiger partial charge is 0.182 e. The maximum atomic E-state index is 14.0. The number of H-pyrrole nitrogens is 1. The van der Waals surface area contributed by atoms with Crippen molar-refractivity contribution in [2.45, 2.75) is 0 Å². The van der Waals surface area contributed by atoms with Crippen LogP contribution in [0.4, 0.5) is 13.2 Å². The molecule has 0 radical (unpaired) electrons. The lowest BCUT2D eigenvalue weighted by atomic mass is 10.2. The summed E-state index contributed by atoms with van der Waals surface area (Å²) in [7, 11) is 0. The Balaban J connectivity index is 2.38. The van der Waals surface area contributed by atoms with Gasteiger partial charge in [-0.25, -0.2) is 13.2 Å². The van der Waals surface area contributed by atoms with Gasteiger partial charge in [0.15, 0.2) is 4.77 Å². The molecule has 3 aromatic rings. The number of hydrogen-bond acceptors (Lipinski definition) is 1. The van der Waals surface area contributed by atoms with Crippen LogP contribution in [0.1, 0.15) is 0 Å². The van der Waals surface area contributed by atoms with Crippen LogP contribution in [0, 0.1) is 22.2 Å². The van der Waals surface area contributed by atoms with E-state index < -0.39 is 17.5 Å². The molecule has 0 amide bonds. The highest BCUT2D eigenvalue weighted by Gasteiger charge is 2.14. The summed E-state index contributed by atoms with van der Waals surface area (Å²) in [5, 5.41) is 0. The molecule has 3 rings (SSSR count). The van der Waals surface area contributed by atoms with Gasteiger partial charge in [0.1, 0.15) is 17.5 Å². The van der Waals surface area contributed by atoms with Gasteiger partial charge in [0.2, 0.25) is 0 Å². The molecule has 1 aromatic heterocycles. The minimum atomic E-state index is -0.639. The number of benzene rings is 2. The normalized spacial score (nSPS) is 11.2. The maximum Gasteiger partial charge on any atom is 0.182 e. The zero-order valence-corrected chi connectivity index (χ0v) is 12.2. The molecule has 0 saturated carbocycles. The molecule has 0 saturated heterocycles. The van der Waals surface area contributed by atoms with Crippen molar-refractivity contribution in [2.24, 2.45) is 0 Å². The Morgan fingerprint density at radius 1 is 1.05 bits per heavy atom. The predicted molar refractivity (Wildman–Crippen MR) is 76.0 cm³/mol. The molecular formula is C13H6BrF3N2S. The second-order valence-electron chi connectivity index (χ2n) is 4.14. The lowest BCUT2D eigenvalue weighted by Crippen LogP contribution is -1.99. The highest BCUT2D eigenvalue weighted by molar-refractivity contribution is 9.10. The van der Waals surface area contributed by atoms with Crippen LogP contribution in [-0.4, -0.2) is 9.55 Å². The Bertz CT molecular complexity index is 885. The number of nitrogens with one attached hydrogen (secondary N) is 1. The molecule has 2 nitrogen and oxygen atoms in total. The Kier molecular flexibility index (Phi) is 3.18. The minimum Gasteiger partial charge on any atom is -0.330 e. The molecule has 0 atom stereocenters. The Morgan fingerprint density at radius 3 is 2.55 bits per heavy atom. The second kappa shape index (κ2) is 4.75. The molecule has 7 heteroatoms. The molecule has 1 N–H and O–H groups in total. The highest BCUT2D eigenvalue weighted by Crippen LogP contribution is 2.26. The van der Waals surface area contributed by atoms with Crippen molar-refractivity contribution >= 4 is 39.2 Å². The first kappa shape index (κ1) is 13.4. The number of fused-ring (bicyclic) bond motifs is 1. The summed E-state index contributed by atoms with van der Waals surface area (Å²) in [6.45, 7) is 0. The molecule has 0 aliphatic carbocycles. The fourth-order valence-electron chi connectivity index (χ4n) is 2.01. The van der Waals surface area contributed by atoms with Crippen molar-refractivity contribution in [3.05, 3.63) is 57.0 Å². The van der Waals surface area contributed by atoms with Crippen LogP contribution in [0.3, 0.4) is 0 Å². The summed E-state index contributed by atoms with van der Waals surface area (Å²) in [5.41, 5.74) is 0.850. The summed E-state index contributed by atoms with van der Waals surface area (Å²) in [6.07, 6.45) is 0. The summed E-state index contributed by atoms with van der Waals surface area (Å²) in [4.78, 5) is 2.76. The van der Waals surface area contributed by atoms with Crippen molar-refractivity contribution < 1.29 is 13.2 Å². The van der Waals surface area contributed by atoms with Gasteiger partial charge in [0.05, 0.1) is 21.2 Å². The number of nitrogens with zero attached hydrogens (tertiary/aromatic N) is 1. The van der Waals surface area contributed by atoms with Gasteiger partial charge >= 0.3 is 0 Å². The quantitative estimate of drug-likeness (QED) is 0.486. The molecule has 0 aliphatic heterocycles. The zero-order valence-electron chi connectivity index (χ0n) is 9.75. The van der Waals surface area contributed by atoms with Gasteiger partial charge in [0.25, 0.3) is 0 Å². The van der Waals surface area contributed by atoms with Crippen molar-refractivity contribution in [3.63, 3.8) is 0 Å². The van der Waals surface area contributed by atoms with Crippen molar-refractivity contribution in [2.75, 3.05) is 0 Å². The molecule has 1 heterocycles. The summed E-state index contributed by atoms with van der Waals surface area (Å²) >= 11 is 8.01. The molecule has 102 valence electrons. The van der Waals surface area contributed by atoms with Crippen LogP contribution in [0.15, 0.2) is 34.8 Å². The van der Waals surface area contributed by atoms with E-state index in [0.717, 1.165) is 12.1 Å². The number of hydrogen-bond donors (Lipinski definition) is 1. The molecule has 20 heavy (non-hydrogen) atoms. The first-order valence-electron chi connectivity index (χ1n) is 5.52. The van der Waals surface area contributed by atoms with Gasteiger partial charge in [-0.1, -0.05) is 0 Å². The lowest BCUT2D eigenvalue weighted by Gasteiger charge is -2.07. The first-order valence-corrected chi connectivity index (χ1v) is 6.72. The fraction of sp³-hybridized carbons (Fsp3) is 0. The molecule has 0 aliphatic rings. The van der Waals surface area contributed by atoms with Gasteiger partial charge in [-0.05, 0) is 52.4 Å². The number of imidazole rings is 1. The summed E-state index contributed by atoms with van der Waals surface area (Å²) < 4.78 is 42.3. The number of halogens is 4. The molecule has 0 unspecified atom stereocenters. The topological polar surface area (TPSA) is 20.7 Å². The SMILES string of the molecule is Fc1ccc2c(c1)[nH]c(=S)n2-c1cc(F)c(Br)cc1F. The third kappa shape index (κ3) is 2.06. The van der Waals surface area contributed by atoms with Crippen molar-refractivity contribution in [1.82, 2.24) is 9.55 Å². The van der Waals surface area contributed by atoms with E-state index in [1.54, 1.807) is 0 Å². The second-order valence-corrected chi connectivity index (χ2v) is 5.39. The third-order valence-electron chi connectivity index (χ3n) is 2.87. The molecule has 2 aromatic carbocycles. The summed E-state index contributed by atoms with van der Waals surface area (Å²) in [6, 6.07) is 5.99. The largest absolute Gasteiger partial charge is 0.330 e. The Morgan fingerprint density at radius 2 is 1.80 bits per heavy atom. The van der Waals surface area contributed by atoms with E-state index in [1.165, 1.54) is 22.8 Å². The number of rotatable bonds is 1. The van der Waals surface area contributed by atoms with Crippen molar-refractivity contribution in [1.29, 1.82) is 0 Å². The van der Waals surface area contributed by atoms with Crippen LogP contribution in [0.5, 0.6) is 0 Å². The van der Waals surface area contributed by atoms with Crippen LogP contribution in [0.25, 0.3) is 16.7 Å². The lowest BCUT2D eigenvalue weighted by molar-refractivity contribution is 0.588. The van der Waals surface area contributed by atoms with Crippen LogP contribution >= 0.6 is 28.1 Å². The standard InChI is InChI=1S/C13H6BrF3N2S/c14-7-4-9(17)12(5-8(7)16)19-11-2-1-6(15)3-10(11)18-13(19)20/h1-5H,(H,18,20). The maximum absolute atomic E-state index is 14.0. The van der Waals surface area contributed by atoms with E-state index in [0.29, 0.717) is 11.0 Å². The van der Waals surface area contributed by atoms with Crippen molar-refractivity contribution in [3.8, 4) is 5.69 Å². The average molecular weight is 359 g/mol. The fourth-order valence-corrected chi connectivity index (χ4v) is 2.63. The summed E-state index contributed by atoms with van der Waals surface area (Å²) in [5.74, 6) is -1.69. The predicted octanol–water partition coefficient (Wildman–Crippen LogP) is 4.87.